The number of aromatic nitrogens is 1. The highest BCUT2D eigenvalue weighted by molar-refractivity contribution is 8.76. The molecule has 2 fully saturated rings. The number of carbonyl (C=O) groups excluding carboxylic acids is 1. The Morgan fingerprint density at radius 1 is 1.11 bits per heavy atom. The topological polar surface area (TPSA) is 213 Å². The van der Waals surface area contributed by atoms with Gasteiger partial charge in [0.15, 0.2) is 29.0 Å². The number of allylic oxidation sites excluding steroid dienone is 1. The van der Waals surface area contributed by atoms with Gasteiger partial charge in [0.25, 0.3) is 0 Å². The van der Waals surface area contributed by atoms with Gasteiger partial charge < -0.3 is 54.7 Å². The molecule has 8 unspecified atom stereocenters. The molecule has 2 saturated heterocycles. The second-order valence-corrected chi connectivity index (χ2v) is 18.5. The molecule has 3 aromatic carbocycles. The van der Waals surface area contributed by atoms with Gasteiger partial charge in [-0.15, -0.1) is 0 Å². The zero-order valence-electron chi connectivity index (χ0n) is 35.0. The predicted molar refractivity (Wildman–Crippen MR) is 244 cm³/mol. The number of fused-ring (bicyclic) bond motifs is 2. The van der Waals surface area contributed by atoms with E-state index in [2.05, 4.69) is 59.0 Å². The van der Waals surface area contributed by atoms with E-state index in [9.17, 15) is 34.8 Å². The van der Waals surface area contributed by atoms with Crippen molar-refractivity contribution >= 4 is 50.9 Å². The number of aryl methyl sites for hydroxylation is 1. The van der Waals surface area contributed by atoms with E-state index in [0.717, 1.165) is 31.4 Å². The van der Waals surface area contributed by atoms with Crippen LogP contribution in [0, 0.1) is 11.8 Å². The Labute approximate surface area is 372 Å². The fourth-order valence-corrected chi connectivity index (χ4v) is 10.6. The van der Waals surface area contributed by atoms with Crippen LogP contribution < -0.4 is 20.8 Å². The molecule has 14 nitrogen and oxygen atoms in total. The van der Waals surface area contributed by atoms with Crippen molar-refractivity contribution < 1.29 is 48.6 Å². The smallest absolute Gasteiger partial charge is 0.335 e. The lowest BCUT2D eigenvalue weighted by molar-refractivity contribution is -0.340. The van der Waals surface area contributed by atoms with Crippen molar-refractivity contribution in [2.45, 2.75) is 61.8 Å². The Balaban J connectivity index is 1.19. The predicted octanol–water partition coefficient (Wildman–Crippen LogP) is 5.96. The maximum absolute atomic E-state index is 13.5. The van der Waals surface area contributed by atoms with Crippen molar-refractivity contribution in [1.82, 2.24) is 15.6 Å². The Hall–Kier alpha value is -4.91. The molecule has 2 aliphatic heterocycles. The lowest BCUT2D eigenvalue weighted by atomic mass is 9.73. The van der Waals surface area contributed by atoms with Gasteiger partial charge in [0.1, 0.15) is 35.4 Å². The molecule has 7 rings (SSSR count). The summed E-state index contributed by atoms with van der Waals surface area (Å²) in [5.74, 6) is -0.958. The Morgan fingerprint density at radius 3 is 2.67 bits per heavy atom. The van der Waals surface area contributed by atoms with Gasteiger partial charge in [-0.05, 0) is 110 Å². The first-order valence-electron chi connectivity index (χ1n) is 20.9. The number of aliphatic hydroxyl groups excluding tert-OH is 1. The molecule has 0 amide bonds. The van der Waals surface area contributed by atoms with Gasteiger partial charge in [-0.2, -0.15) is 0 Å². The molecular formula is C47H53N3O11S2. The third-order valence-electron chi connectivity index (χ3n) is 12.1. The van der Waals surface area contributed by atoms with Crippen molar-refractivity contribution in [3.05, 3.63) is 124 Å². The Bertz CT molecular complexity index is 2410. The summed E-state index contributed by atoms with van der Waals surface area (Å²) in [6.45, 7) is 3.04. The average molecular weight is 900 g/mol. The van der Waals surface area contributed by atoms with E-state index >= 15 is 0 Å². The minimum Gasteiger partial charge on any atom is -0.508 e. The minimum atomic E-state index is -2.54. The summed E-state index contributed by atoms with van der Waals surface area (Å²) < 4.78 is 24.1. The van der Waals surface area contributed by atoms with Crippen molar-refractivity contribution in [3.8, 4) is 22.6 Å². The lowest BCUT2D eigenvalue weighted by Gasteiger charge is -2.53. The van der Waals surface area contributed by atoms with Gasteiger partial charge in [0.2, 0.25) is 6.29 Å². The van der Waals surface area contributed by atoms with Crippen LogP contribution in [-0.2, 0) is 25.5 Å². The Morgan fingerprint density at radius 2 is 1.92 bits per heavy atom. The SMILES string of the molecule is CNCCCc1ccccc1C=CCC(C)C1CNCC2(O)C(Oc3ccc4c(=O)c(-c5ccc(O)cc5)coc4c3)OC(C(=O)O)C(O)C2(C=O)OCSSCC1c1cc[nH]c1. The third-order valence-corrected chi connectivity index (χ3v) is 14.2. The molecule has 16 heteroatoms. The van der Waals surface area contributed by atoms with Crippen molar-refractivity contribution in [2.24, 2.45) is 11.8 Å². The van der Waals surface area contributed by atoms with E-state index in [4.69, 9.17) is 18.6 Å². The van der Waals surface area contributed by atoms with E-state index in [1.54, 1.807) is 12.1 Å². The normalized spacial score (nSPS) is 26.3. The number of nitrogens with one attached hydrogen (secondary N) is 3. The highest BCUT2D eigenvalue weighted by Gasteiger charge is 2.69. The standard InChI is InChI=1S/C47H53N3O11S2/c1-29(7-5-10-30-8-3-4-9-31(30)11-6-19-48-2)37-23-50-26-46(57)45(60-35-16-17-36-40(21-35)58-24-38(41(36)53)32-12-14-34(52)15-13-32)61-42(44(55)56)43(54)47(46,27-51)59-28-63-62-25-39(37)33-18-20-49-22-33/h3-5,8-10,12-18,20-22,24,27,29,37,39,42-43,45,48-50,52,54,57H,6-7,11,19,23,25-26,28H2,1-2H3,(H,55,56). The summed E-state index contributed by atoms with van der Waals surface area (Å²) >= 11 is 0. The van der Waals surface area contributed by atoms with Crippen LogP contribution in [0.5, 0.6) is 11.5 Å². The molecule has 4 heterocycles. The highest BCUT2D eigenvalue weighted by Crippen LogP contribution is 2.44. The van der Waals surface area contributed by atoms with Gasteiger partial charge >= 0.3 is 5.97 Å². The number of rotatable bonds is 14. The number of aliphatic hydroxyl groups is 2. The number of carboxylic acid groups (broad SMARTS) is 1. The number of aliphatic carboxylic acids is 1. The number of phenols is 1. The van der Waals surface area contributed by atoms with E-state index in [-0.39, 0.29) is 63.4 Å². The van der Waals surface area contributed by atoms with Crippen molar-refractivity contribution in [2.75, 3.05) is 38.4 Å². The molecule has 2 aromatic heterocycles. The second kappa shape index (κ2) is 20.7. The summed E-state index contributed by atoms with van der Waals surface area (Å²) in [5.41, 5.74) is -0.948. The molecule has 0 bridgehead atoms. The summed E-state index contributed by atoms with van der Waals surface area (Å²) in [5, 5.41) is 51.2. The zero-order valence-corrected chi connectivity index (χ0v) is 36.6. The number of ether oxygens (including phenoxy) is 3. The van der Waals surface area contributed by atoms with Crippen LogP contribution in [0.3, 0.4) is 0 Å². The third kappa shape index (κ3) is 9.93. The summed E-state index contributed by atoms with van der Waals surface area (Å²) in [7, 11) is 4.74. The summed E-state index contributed by atoms with van der Waals surface area (Å²) in [6, 6.07) is 20.8. The van der Waals surface area contributed by atoms with Crippen LogP contribution in [-0.4, -0.2) is 106 Å². The van der Waals surface area contributed by atoms with Crippen LogP contribution in [0.1, 0.15) is 42.4 Å². The lowest BCUT2D eigenvalue weighted by Crippen LogP contribution is -2.80. The van der Waals surface area contributed by atoms with Gasteiger partial charge in [-0.1, -0.05) is 77.1 Å². The maximum Gasteiger partial charge on any atom is 0.335 e. The van der Waals surface area contributed by atoms with Gasteiger partial charge in [-0.25, -0.2) is 4.79 Å². The van der Waals surface area contributed by atoms with E-state index in [1.807, 2.05) is 25.5 Å². The van der Waals surface area contributed by atoms with Crippen LogP contribution >= 0.6 is 21.6 Å². The number of aromatic hydroxyl groups is 1. The molecule has 8 atom stereocenters. The fraction of sp³-hybridized carbons (Fsp3) is 0.383. The van der Waals surface area contributed by atoms with Gasteiger partial charge in [-0.3, -0.25) is 9.59 Å². The fourth-order valence-electron chi connectivity index (χ4n) is 8.53. The number of hydrogen-bond donors (Lipinski definition) is 7. The van der Waals surface area contributed by atoms with Crippen LogP contribution in [0.25, 0.3) is 28.2 Å². The molecule has 0 radical (unpaired) electrons. The molecular weight excluding hydrogens is 847 g/mol. The Kier molecular flexibility index (Phi) is 15.2. The molecule has 7 N–H and O–H groups in total. The summed E-state index contributed by atoms with van der Waals surface area (Å²) in [4.78, 5) is 42.6. The molecule has 334 valence electrons. The first-order valence-corrected chi connectivity index (χ1v) is 23.4. The van der Waals surface area contributed by atoms with E-state index < -0.39 is 42.2 Å². The summed E-state index contributed by atoms with van der Waals surface area (Å²) in [6.07, 6.45) is 6.41. The zero-order chi connectivity index (χ0) is 44.6. The molecule has 0 spiro atoms. The first-order chi connectivity index (χ1) is 30.5. The monoisotopic (exact) mass is 899 g/mol. The van der Waals surface area contributed by atoms with Crippen LogP contribution in [0.15, 0.2) is 107 Å². The molecule has 0 saturated carbocycles. The maximum atomic E-state index is 13.5. The molecule has 63 heavy (non-hydrogen) atoms. The number of carboxylic acids is 1. The average Bonchev–Trinajstić information content (AvgIpc) is 3.82. The van der Waals surface area contributed by atoms with Crippen molar-refractivity contribution in [1.29, 1.82) is 0 Å². The largest absolute Gasteiger partial charge is 0.508 e. The van der Waals surface area contributed by atoms with Gasteiger partial charge in [0.05, 0.1) is 10.9 Å². The van der Waals surface area contributed by atoms with Crippen LogP contribution in [0.2, 0.25) is 0 Å². The number of H-pyrrole nitrogens is 1. The first kappa shape index (κ1) is 46.1. The number of aromatic amines is 1. The van der Waals surface area contributed by atoms with E-state index in [0.29, 0.717) is 17.9 Å². The number of hydrogen-bond acceptors (Lipinski definition) is 14. The molecule has 2 aliphatic rings. The number of β-amino-alcohol motifs (C(OH)–C–C–N with tert-alkyl or cyclic N) is 1. The van der Waals surface area contributed by atoms with Gasteiger partial charge in [0, 0.05) is 30.8 Å². The quantitative estimate of drug-likeness (QED) is 0.0389. The number of aldehydes is 1. The number of phenolic OH excluding ortho intramolecular Hbond substituents is 1. The van der Waals surface area contributed by atoms with Crippen molar-refractivity contribution in [3.63, 3.8) is 0 Å². The number of benzene rings is 3. The van der Waals surface area contributed by atoms with E-state index in [1.165, 1.54) is 69.3 Å². The number of carbonyl (C=O) groups is 2. The molecule has 5 aromatic rings. The minimum absolute atomic E-state index is 0.00671. The van der Waals surface area contributed by atoms with Crippen LogP contribution in [0.4, 0.5) is 0 Å². The molecule has 0 aliphatic carbocycles. The highest BCUT2D eigenvalue weighted by atomic mass is 33.1. The second-order valence-electron chi connectivity index (χ2n) is 16.0.